The minimum absolute atomic E-state index is 0.313. The minimum Gasteiger partial charge on any atom is -0.218 e. The van der Waals surface area contributed by atoms with Crippen molar-refractivity contribution >= 4 is 0 Å². The Morgan fingerprint density at radius 1 is 0.520 bits per heavy atom. The Morgan fingerprint density at radius 3 is 1.28 bits per heavy atom. The summed E-state index contributed by atoms with van der Waals surface area (Å²) in [5, 5.41) is 0. The Kier molecular flexibility index (Phi) is 2.87. The molecule has 0 saturated carbocycles. The lowest BCUT2D eigenvalue weighted by Gasteiger charge is -2.38. The van der Waals surface area contributed by atoms with Gasteiger partial charge in [0.05, 0.1) is 0 Å². The van der Waals surface area contributed by atoms with Crippen LogP contribution in [-0.2, 0) is 21.0 Å². The van der Waals surface area contributed by atoms with Crippen molar-refractivity contribution < 1.29 is 9.78 Å². The van der Waals surface area contributed by atoms with Gasteiger partial charge in [-0.05, 0) is 22.3 Å². The van der Waals surface area contributed by atoms with Crippen LogP contribution >= 0.6 is 0 Å². The molecule has 0 spiro atoms. The highest BCUT2D eigenvalue weighted by Crippen LogP contribution is 2.72. The van der Waals surface area contributed by atoms with E-state index in [0.29, 0.717) is 0 Å². The van der Waals surface area contributed by atoms with E-state index < -0.39 is 11.2 Å². The minimum atomic E-state index is -0.624. The van der Waals surface area contributed by atoms with Crippen LogP contribution in [-0.4, -0.2) is 0 Å². The molecule has 3 aromatic rings. The topological polar surface area (TPSA) is 18.5 Å². The van der Waals surface area contributed by atoms with Crippen molar-refractivity contribution in [1.82, 2.24) is 0 Å². The van der Waals surface area contributed by atoms with Gasteiger partial charge in [0, 0.05) is 5.41 Å². The average molecular weight is 328 g/mol. The maximum atomic E-state index is 6.23. The summed E-state index contributed by atoms with van der Waals surface area (Å²) in [4.78, 5) is 12.5. The van der Waals surface area contributed by atoms with Gasteiger partial charge >= 0.3 is 0 Å². The molecule has 1 saturated heterocycles. The molecule has 5 rings (SSSR count). The molecule has 1 fully saturated rings. The number of benzene rings is 3. The van der Waals surface area contributed by atoms with Gasteiger partial charge in [0.25, 0.3) is 0 Å². The Morgan fingerprint density at radius 2 is 0.880 bits per heavy atom. The molecule has 1 heterocycles. The quantitative estimate of drug-likeness (QED) is 0.604. The van der Waals surface area contributed by atoms with Crippen LogP contribution in [0.15, 0.2) is 84.9 Å². The fourth-order valence-corrected chi connectivity index (χ4v) is 4.92. The van der Waals surface area contributed by atoms with E-state index in [0.717, 1.165) is 11.1 Å². The first-order valence-corrected chi connectivity index (χ1v) is 8.72. The molecule has 0 aromatic heterocycles. The van der Waals surface area contributed by atoms with E-state index in [1.165, 1.54) is 11.1 Å². The van der Waals surface area contributed by atoms with Crippen molar-refractivity contribution in [1.29, 1.82) is 0 Å². The van der Waals surface area contributed by atoms with Gasteiger partial charge in [0.1, 0.15) is 0 Å². The molecule has 2 nitrogen and oxygen atoms in total. The number of hydrogen-bond donors (Lipinski definition) is 0. The van der Waals surface area contributed by atoms with Gasteiger partial charge in [-0.1, -0.05) is 98.8 Å². The Hall–Kier alpha value is -2.42. The molecule has 0 N–H and O–H groups in total. The van der Waals surface area contributed by atoms with Crippen LogP contribution < -0.4 is 0 Å². The standard InChI is InChI=1S/C23H20O2/c1-21(2)22(17-11-5-3-6-12-17)19-15-9-10-16-20(19)23(21,25-24-22)18-13-7-4-8-14-18/h3-16H,1-2H3. The molecule has 25 heavy (non-hydrogen) atoms. The molecule has 1 aliphatic carbocycles. The fraction of sp³-hybridized carbons (Fsp3) is 0.217. The average Bonchev–Trinajstić information content (AvgIpc) is 3.02. The van der Waals surface area contributed by atoms with Gasteiger partial charge in [-0.15, -0.1) is 0 Å². The van der Waals surface area contributed by atoms with Crippen LogP contribution in [0.3, 0.4) is 0 Å². The Balaban J connectivity index is 1.88. The highest BCUT2D eigenvalue weighted by Gasteiger charge is 2.75. The molecule has 2 aliphatic rings. The van der Waals surface area contributed by atoms with Crippen LogP contribution in [0.1, 0.15) is 36.1 Å². The zero-order valence-corrected chi connectivity index (χ0v) is 14.4. The molecule has 124 valence electrons. The lowest BCUT2D eigenvalue weighted by atomic mass is 9.64. The molecular weight excluding hydrogens is 308 g/mol. The van der Waals surface area contributed by atoms with Crippen molar-refractivity contribution in [2.45, 2.75) is 25.0 Å². The second kappa shape index (κ2) is 4.81. The largest absolute Gasteiger partial charge is 0.218 e. The normalized spacial score (nSPS) is 28.7. The van der Waals surface area contributed by atoms with E-state index in [9.17, 15) is 0 Å². The summed E-state index contributed by atoms with van der Waals surface area (Å²) in [6.45, 7) is 4.50. The second-order valence-electron chi connectivity index (χ2n) is 7.43. The summed E-state index contributed by atoms with van der Waals surface area (Å²) in [6.07, 6.45) is 0. The highest BCUT2D eigenvalue weighted by atomic mass is 17.2. The van der Waals surface area contributed by atoms with E-state index in [1.54, 1.807) is 0 Å². The van der Waals surface area contributed by atoms with Gasteiger partial charge < -0.3 is 0 Å². The van der Waals surface area contributed by atoms with Crippen LogP contribution in [0.5, 0.6) is 0 Å². The summed E-state index contributed by atoms with van der Waals surface area (Å²) in [5.41, 5.74) is 3.08. The number of hydrogen-bond acceptors (Lipinski definition) is 2. The molecule has 2 heteroatoms. The van der Waals surface area contributed by atoms with Crippen molar-refractivity contribution in [3.8, 4) is 0 Å². The first kappa shape index (κ1) is 14.9. The monoisotopic (exact) mass is 328 g/mol. The number of rotatable bonds is 2. The third kappa shape index (κ3) is 1.53. The Bertz CT molecular complexity index is 856. The smallest absolute Gasteiger partial charge is 0.162 e. The maximum Gasteiger partial charge on any atom is 0.162 e. The van der Waals surface area contributed by atoms with Crippen molar-refractivity contribution in [3.05, 3.63) is 107 Å². The SMILES string of the molecule is CC1(C)C2(c3ccccc3)OOC1(c1ccccc1)c1ccccc12. The molecule has 1 aliphatic heterocycles. The summed E-state index contributed by atoms with van der Waals surface area (Å²) in [7, 11) is 0. The molecular formula is C23H20O2. The van der Waals surface area contributed by atoms with Crippen LogP contribution in [0.2, 0.25) is 0 Å². The molecule has 0 radical (unpaired) electrons. The van der Waals surface area contributed by atoms with Crippen LogP contribution in [0.25, 0.3) is 0 Å². The zero-order chi connectivity index (χ0) is 17.1. The highest BCUT2D eigenvalue weighted by molar-refractivity contribution is 5.59. The summed E-state index contributed by atoms with van der Waals surface area (Å²) >= 11 is 0. The van der Waals surface area contributed by atoms with Gasteiger partial charge in [0.2, 0.25) is 0 Å². The van der Waals surface area contributed by atoms with E-state index in [-0.39, 0.29) is 5.41 Å². The van der Waals surface area contributed by atoms with Crippen LogP contribution in [0.4, 0.5) is 0 Å². The summed E-state index contributed by atoms with van der Waals surface area (Å²) in [5.74, 6) is 0. The van der Waals surface area contributed by atoms with Gasteiger partial charge in [-0.2, -0.15) is 0 Å². The molecule has 2 bridgehead atoms. The summed E-state index contributed by atoms with van der Waals surface area (Å²) in [6, 6.07) is 29.4. The van der Waals surface area contributed by atoms with Crippen LogP contribution in [0, 0.1) is 5.41 Å². The van der Waals surface area contributed by atoms with Gasteiger partial charge in [0.15, 0.2) is 11.2 Å². The molecule has 0 amide bonds. The van der Waals surface area contributed by atoms with E-state index in [1.807, 2.05) is 12.1 Å². The lowest BCUT2D eigenvalue weighted by Crippen LogP contribution is -2.43. The lowest BCUT2D eigenvalue weighted by molar-refractivity contribution is -0.351. The number of fused-ring (bicyclic) bond motifs is 5. The van der Waals surface area contributed by atoms with E-state index in [2.05, 4.69) is 86.6 Å². The molecule has 3 aromatic carbocycles. The van der Waals surface area contributed by atoms with E-state index in [4.69, 9.17) is 9.78 Å². The first-order chi connectivity index (χ1) is 12.1. The Labute approximate surface area is 148 Å². The summed E-state index contributed by atoms with van der Waals surface area (Å²) < 4.78 is 0. The first-order valence-electron chi connectivity index (χ1n) is 8.72. The fourth-order valence-electron chi connectivity index (χ4n) is 4.92. The van der Waals surface area contributed by atoms with Gasteiger partial charge in [-0.25, -0.2) is 9.78 Å². The third-order valence-corrected chi connectivity index (χ3v) is 6.10. The van der Waals surface area contributed by atoms with Gasteiger partial charge in [-0.3, -0.25) is 0 Å². The van der Waals surface area contributed by atoms with Crippen molar-refractivity contribution in [2.75, 3.05) is 0 Å². The van der Waals surface area contributed by atoms with Crippen molar-refractivity contribution in [3.63, 3.8) is 0 Å². The predicted octanol–water partition coefficient (Wildman–Crippen LogP) is 5.18. The van der Waals surface area contributed by atoms with E-state index >= 15 is 0 Å². The molecule has 2 atom stereocenters. The van der Waals surface area contributed by atoms with Crippen molar-refractivity contribution in [2.24, 2.45) is 5.41 Å². The maximum absolute atomic E-state index is 6.23. The zero-order valence-electron chi connectivity index (χ0n) is 14.4. The third-order valence-electron chi connectivity index (χ3n) is 6.10. The second-order valence-corrected chi connectivity index (χ2v) is 7.43. The predicted molar refractivity (Wildman–Crippen MR) is 96.8 cm³/mol. The molecule has 2 unspecified atom stereocenters.